The molecule has 1 amide bonds. The molecule has 82 valence electrons. The smallest absolute Gasteiger partial charge is 0.228 e. The molecule has 0 radical (unpaired) electrons. The van der Waals surface area contributed by atoms with Crippen molar-refractivity contribution in [2.24, 2.45) is 0 Å². The van der Waals surface area contributed by atoms with Gasteiger partial charge in [-0.25, -0.2) is 0 Å². The van der Waals surface area contributed by atoms with E-state index in [0.717, 1.165) is 11.3 Å². The number of thiol groups is 1. The van der Waals surface area contributed by atoms with Gasteiger partial charge < -0.3 is 4.90 Å². The molecule has 0 N–H and O–H groups in total. The zero-order chi connectivity index (χ0) is 11.5. The third kappa shape index (κ3) is 2.20. The van der Waals surface area contributed by atoms with Gasteiger partial charge in [-0.15, -0.1) is 0 Å². The minimum Gasteiger partial charge on any atom is -0.311 e. The van der Waals surface area contributed by atoms with Crippen molar-refractivity contribution in [2.75, 3.05) is 11.4 Å². The summed E-state index contributed by atoms with van der Waals surface area (Å²) in [5, 5.41) is 8.74. The normalized spacial score (nSPS) is 19.9. The lowest BCUT2D eigenvalue weighted by Crippen LogP contribution is -2.24. The molecule has 1 saturated heterocycles. The number of amides is 1. The zero-order valence-corrected chi connectivity index (χ0v) is 9.65. The molecule has 1 aromatic carbocycles. The van der Waals surface area contributed by atoms with E-state index in [1.807, 2.05) is 24.3 Å². The van der Waals surface area contributed by atoms with Crippen molar-refractivity contribution < 1.29 is 4.79 Å². The topological polar surface area (TPSA) is 44.1 Å². The molecule has 1 unspecified atom stereocenters. The molecule has 1 aromatic rings. The summed E-state index contributed by atoms with van der Waals surface area (Å²) in [7, 11) is 0. The fraction of sp³-hybridized carbons (Fsp3) is 0.333. The molecule has 0 aromatic heterocycles. The number of nitriles is 1. The van der Waals surface area contributed by atoms with Gasteiger partial charge in [-0.1, -0.05) is 12.1 Å². The maximum absolute atomic E-state index is 11.7. The average Bonchev–Trinajstić information content (AvgIpc) is 2.59. The van der Waals surface area contributed by atoms with Gasteiger partial charge in [0.1, 0.15) is 0 Å². The Morgan fingerprint density at radius 2 is 2.38 bits per heavy atom. The number of carbonyl (C=O) groups is 1. The molecule has 1 aliphatic rings. The quantitative estimate of drug-likeness (QED) is 0.790. The predicted octanol–water partition coefficient (Wildman–Crippen LogP) is 1.79. The first-order chi connectivity index (χ1) is 7.70. The Bertz CT molecular complexity index is 453. The lowest BCUT2D eigenvalue weighted by molar-refractivity contribution is -0.117. The lowest BCUT2D eigenvalue weighted by Gasteiger charge is -2.16. The van der Waals surface area contributed by atoms with Gasteiger partial charge in [-0.2, -0.15) is 17.9 Å². The predicted molar refractivity (Wildman–Crippen MR) is 65.5 cm³/mol. The summed E-state index contributed by atoms with van der Waals surface area (Å²) in [6, 6.07) is 9.66. The summed E-state index contributed by atoms with van der Waals surface area (Å²) >= 11 is 4.31. The molecule has 0 bridgehead atoms. The van der Waals surface area contributed by atoms with Crippen molar-refractivity contribution in [2.45, 2.75) is 18.1 Å². The summed E-state index contributed by atoms with van der Waals surface area (Å²) in [5.74, 6) is 0.106. The van der Waals surface area contributed by atoms with Crippen LogP contribution in [0.3, 0.4) is 0 Å². The van der Waals surface area contributed by atoms with Gasteiger partial charge in [-0.05, 0) is 17.7 Å². The number of hydrogen-bond acceptors (Lipinski definition) is 3. The summed E-state index contributed by atoms with van der Waals surface area (Å²) in [6.07, 6.45) is 0.867. The van der Waals surface area contributed by atoms with Gasteiger partial charge in [-0.3, -0.25) is 4.79 Å². The van der Waals surface area contributed by atoms with Gasteiger partial charge in [0.25, 0.3) is 0 Å². The van der Waals surface area contributed by atoms with Crippen LogP contribution in [-0.4, -0.2) is 17.7 Å². The second-order valence-corrected chi connectivity index (χ2v) is 4.60. The van der Waals surface area contributed by atoms with Crippen LogP contribution in [0.5, 0.6) is 0 Å². The molecule has 0 spiro atoms. The summed E-state index contributed by atoms with van der Waals surface area (Å²) in [4.78, 5) is 13.4. The molecule has 0 saturated carbocycles. The second kappa shape index (κ2) is 4.58. The number of carbonyl (C=O) groups excluding carboxylic acids is 1. The van der Waals surface area contributed by atoms with Gasteiger partial charge in [0.05, 0.1) is 12.5 Å². The first-order valence-electron chi connectivity index (χ1n) is 5.15. The Balaban J connectivity index is 2.24. The van der Waals surface area contributed by atoms with E-state index in [1.165, 1.54) is 0 Å². The molecule has 2 rings (SSSR count). The molecule has 1 fully saturated rings. The maximum atomic E-state index is 11.7. The Morgan fingerprint density at radius 1 is 1.56 bits per heavy atom. The van der Waals surface area contributed by atoms with Gasteiger partial charge in [0.15, 0.2) is 0 Å². The summed E-state index contributed by atoms with van der Waals surface area (Å²) in [6.45, 7) is 0.651. The Hall–Kier alpha value is -1.47. The van der Waals surface area contributed by atoms with Crippen molar-refractivity contribution in [3.63, 3.8) is 0 Å². The Morgan fingerprint density at radius 3 is 3.00 bits per heavy atom. The van der Waals surface area contributed by atoms with Gasteiger partial charge in [0, 0.05) is 23.9 Å². The molecular formula is C12H12N2OS. The molecule has 0 aliphatic carbocycles. The molecule has 1 aliphatic heterocycles. The van der Waals surface area contributed by atoms with Crippen LogP contribution in [0.4, 0.5) is 5.69 Å². The van der Waals surface area contributed by atoms with Crippen molar-refractivity contribution >= 4 is 24.2 Å². The van der Waals surface area contributed by atoms with E-state index >= 15 is 0 Å². The fourth-order valence-corrected chi connectivity index (χ4v) is 2.18. The third-order valence-electron chi connectivity index (χ3n) is 2.61. The maximum Gasteiger partial charge on any atom is 0.228 e. The number of benzene rings is 1. The highest BCUT2D eigenvalue weighted by atomic mass is 32.1. The molecule has 1 heterocycles. The molecule has 4 heteroatoms. The second-order valence-electron chi connectivity index (χ2n) is 3.87. The molecular weight excluding hydrogens is 220 g/mol. The fourth-order valence-electron chi connectivity index (χ4n) is 1.86. The largest absolute Gasteiger partial charge is 0.311 e. The van der Waals surface area contributed by atoms with E-state index in [2.05, 4.69) is 18.7 Å². The van der Waals surface area contributed by atoms with Crippen LogP contribution in [0.1, 0.15) is 12.0 Å². The van der Waals surface area contributed by atoms with E-state index in [4.69, 9.17) is 5.26 Å². The van der Waals surface area contributed by atoms with Gasteiger partial charge >= 0.3 is 0 Å². The van der Waals surface area contributed by atoms with Crippen LogP contribution in [0.15, 0.2) is 24.3 Å². The van der Waals surface area contributed by atoms with Crippen LogP contribution in [-0.2, 0) is 11.2 Å². The highest BCUT2D eigenvalue weighted by Crippen LogP contribution is 2.24. The number of hydrogen-bond donors (Lipinski definition) is 1. The van der Waals surface area contributed by atoms with Crippen molar-refractivity contribution in [1.29, 1.82) is 5.26 Å². The van der Waals surface area contributed by atoms with E-state index < -0.39 is 0 Å². The zero-order valence-electron chi connectivity index (χ0n) is 8.76. The first-order valence-corrected chi connectivity index (χ1v) is 5.66. The Kier molecular flexibility index (Phi) is 3.16. The molecule has 3 nitrogen and oxygen atoms in total. The van der Waals surface area contributed by atoms with Gasteiger partial charge in [0.2, 0.25) is 5.91 Å². The standard InChI is InChI=1S/C12H12N2OS/c13-5-4-9-2-1-3-10(6-9)14-8-11(16)7-12(14)15/h1-3,6,11,16H,4,7-8H2. The third-order valence-corrected chi connectivity index (χ3v) is 2.96. The summed E-state index contributed by atoms with van der Waals surface area (Å²) in [5.41, 5.74) is 1.81. The van der Waals surface area contributed by atoms with Crippen molar-refractivity contribution in [3.05, 3.63) is 29.8 Å². The summed E-state index contributed by atoms with van der Waals surface area (Å²) < 4.78 is 0. The monoisotopic (exact) mass is 232 g/mol. The SMILES string of the molecule is N#CCc1cccc(N2CC(S)CC2=O)c1. The van der Waals surface area contributed by atoms with E-state index in [1.54, 1.807) is 4.90 Å². The molecule has 16 heavy (non-hydrogen) atoms. The lowest BCUT2D eigenvalue weighted by atomic mass is 10.1. The highest BCUT2D eigenvalue weighted by molar-refractivity contribution is 7.81. The van der Waals surface area contributed by atoms with Crippen molar-refractivity contribution in [1.82, 2.24) is 0 Å². The van der Waals surface area contributed by atoms with E-state index in [0.29, 0.717) is 19.4 Å². The average molecular weight is 232 g/mol. The first kappa shape index (κ1) is 11.0. The van der Waals surface area contributed by atoms with Crippen LogP contribution in [0, 0.1) is 11.3 Å². The van der Waals surface area contributed by atoms with E-state index in [-0.39, 0.29) is 11.2 Å². The van der Waals surface area contributed by atoms with Crippen LogP contribution < -0.4 is 4.90 Å². The highest BCUT2D eigenvalue weighted by Gasteiger charge is 2.28. The minimum absolute atomic E-state index is 0.106. The minimum atomic E-state index is 0.106. The van der Waals surface area contributed by atoms with E-state index in [9.17, 15) is 4.79 Å². The number of nitrogens with zero attached hydrogens (tertiary/aromatic N) is 2. The van der Waals surface area contributed by atoms with Crippen LogP contribution in [0.2, 0.25) is 0 Å². The van der Waals surface area contributed by atoms with Crippen molar-refractivity contribution in [3.8, 4) is 6.07 Å². The van der Waals surface area contributed by atoms with Crippen LogP contribution in [0.25, 0.3) is 0 Å². The number of anilines is 1. The molecule has 1 atom stereocenters. The number of rotatable bonds is 2. The Labute approximate surface area is 100 Å². The van der Waals surface area contributed by atoms with Crippen LogP contribution >= 0.6 is 12.6 Å².